The van der Waals surface area contributed by atoms with Crippen LogP contribution in [0.3, 0.4) is 0 Å². The third kappa shape index (κ3) is 3.08. The van der Waals surface area contributed by atoms with Crippen molar-refractivity contribution >= 4 is 0 Å². The summed E-state index contributed by atoms with van der Waals surface area (Å²) in [6, 6.07) is 1.79. The van der Waals surface area contributed by atoms with Gasteiger partial charge in [-0.15, -0.1) is 0 Å². The van der Waals surface area contributed by atoms with Gasteiger partial charge in [0.25, 0.3) is 0 Å². The highest BCUT2D eigenvalue weighted by Gasteiger charge is 2.38. The molecule has 0 spiro atoms. The van der Waals surface area contributed by atoms with Crippen molar-refractivity contribution in [3.8, 4) is 0 Å². The summed E-state index contributed by atoms with van der Waals surface area (Å²) < 4.78 is 0. The number of nitrogens with zero attached hydrogens (tertiary/aromatic N) is 1. The molecule has 0 amide bonds. The predicted octanol–water partition coefficient (Wildman–Crippen LogP) is 3.40. The van der Waals surface area contributed by atoms with Crippen LogP contribution >= 0.6 is 0 Å². The Labute approximate surface area is 113 Å². The van der Waals surface area contributed by atoms with Crippen molar-refractivity contribution in [3.05, 3.63) is 0 Å². The van der Waals surface area contributed by atoms with Gasteiger partial charge in [0.1, 0.15) is 0 Å². The number of hydrogen-bond acceptors (Lipinski definition) is 2. The van der Waals surface area contributed by atoms with Gasteiger partial charge in [-0.2, -0.15) is 0 Å². The van der Waals surface area contributed by atoms with E-state index in [4.69, 9.17) is 5.73 Å². The normalized spacial score (nSPS) is 39.8. The molecule has 2 N–H and O–H groups in total. The lowest BCUT2D eigenvalue weighted by Crippen LogP contribution is -2.56. The molecule has 1 saturated heterocycles. The Bertz CT molecular complexity index is 269. The van der Waals surface area contributed by atoms with E-state index in [0.29, 0.717) is 17.5 Å². The van der Waals surface area contributed by atoms with Crippen LogP contribution in [0.5, 0.6) is 0 Å². The molecular weight excluding hydrogens is 220 g/mol. The fraction of sp³-hybridized carbons (Fsp3) is 1.00. The van der Waals surface area contributed by atoms with E-state index in [1.165, 1.54) is 45.1 Å². The van der Waals surface area contributed by atoms with Crippen molar-refractivity contribution in [1.29, 1.82) is 0 Å². The Kier molecular flexibility index (Phi) is 4.38. The van der Waals surface area contributed by atoms with E-state index in [0.717, 1.165) is 12.0 Å². The van der Waals surface area contributed by atoms with Crippen molar-refractivity contribution in [3.63, 3.8) is 0 Å². The molecule has 0 aromatic heterocycles. The fourth-order valence-corrected chi connectivity index (χ4v) is 3.95. The Balaban J connectivity index is 2.05. The molecule has 1 aliphatic carbocycles. The second-order valence-electron chi connectivity index (χ2n) is 7.69. The molecule has 2 fully saturated rings. The van der Waals surface area contributed by atoms with Crippen LogP contribution in [-0.4, -0.2) is 29.6 Å². The molecule has 1 heterocycles. The quantitative estimate of drug-likeness (QED) is 0.775. The van der Waals surface area contributed by atoms with E-state index in [1.54, 1.807) is 0 Å². The minimum atomic E-state index is 0.407. The first kappa shape index (κ1) is 14.3. The summed E-state index contributed by atoms with van der Waals surface area (Å²) >= 11 is 0. The van der Waals surface area contributed by atoms with Crippen LogP contribution in [0.2, 0.25) is 0 Å². The van der Waals surface area contributed by atoms with Crippen molar-refractivity contribution in [1.82, 2.24) is 4.90 Å². The van der Waals surface area contributed by atoms with Crippen LogP contribution in [0.15, 0.2) is 0 Å². The molecule has 0 aromatic carbocycles. The van der Waals surface area contributed by atoms with Gasteiger partial charge in [0.15, 0.2) is 0 Å². The number of hydrogen-bond donors (Lipinski definition) is 1. The molecule has 2 aliphatic rings. The SMILES string of the molecule is CC1CCCCN1C1CC(C(C)(C)C)CCC1N. The van der Waals surface area contributed by atoms with Crippen LogP contribution in [0.1, 0.15) is 66.2 Å². The molecule has 0 aromatic rings. The molecule has 2 rings (SSSR count). The van der Waals surface area contributed by atoms with E-state index in [2.05, 4.69) is 32.6 Å². The molecule has 2 heteroatoms. The number of piperidine rings is 1. The molecule has 4 atom stereocenters. The zero-order chi connectivity index (χ0) is 13.3. The van der Waals surface area contributed by atoms with E-state index >= 15 is 0 Å². The van der Waals surface area contributed by atoms with Gasteiger partial charge in [0, 0.05) is 18.1 Å². The van der Waals surface area contributed by atoms with E-state index in [-0.39, 0.29) is 0 Å². The maximum absolute atomic E-state index is 6.44. The van der Waals surface area contributed by atoms with Gasteiger partial charge < -0.3 is 5.73 Å². The maximum atomic E-state index is 6.44. The van der Waals surface area contributed by atoms with Crippen molar-refractivity contribution in [2.24, 2.45) is 17.1 Å². The smallest absolute Gasteiger partial charge is 0.0252 e. The minimum Gasteiger partial charge on any atom is -0.326 e. The average molecular weight is 252 g/mol. The summed E-state index contributed by atoms with van der Waals surface area (Å²) in [6.45, 7) is 10.9. The Morgan fingerprint density at radius 1 is 1.06 bits per heavy atom. The first-order valence-corrected chi connectivity index (χ1v) is 7.91. The van der Waals surface area contributed by atoms with E-state index in [1.807, 2.05) is 0 Å². The Morgan fingerprint density at radius 3 is 2.39 bits per heavy atom. The molecule has 1 saturated carbocycles. The second-order valence-corrected chi connectivity index (χ2v) is 7.69. The van der Waals surface area contributed by atoms with Crippen LogP contribution in [-0.2, 0) is 0 Å². The number of likely N-dealkylation sites (tertiary alicyclic amines) is 1. The van der Waals surface area contributed by atoms with E-state index < -0.39 is 0 Å². The number of rotatable bonds is 1. The topological polar surface area (TPSA) is 29.3 Å². The minimum absolute atomic E-state index is 0.407. The zero-order valence-electron chi connectivity index (χ0n) is 12.8. The molecule has 1 aliphatic heterocycles. The summed E-state index contributed by atoms with van der Waals surface area (Å²) in [6.07, 6.45) is 7.99. The monoisotopic (exact) mass is 252 g/mol. The van der Waals surface area contributed by atoms with Gasteiger partial charge in [-0.25, -0.2) is 0 Å². The van der Waals surface area contributed by atoms with Crippen LogP contribution in [0, 0.1) is 11.3 Å². The Morgan fingerprint density at radius 2 is 1.78 bits per heavy atom. The third-order valence-electron chi connectivity index (χ3n) is 5.37. The zero-order valence-corrected chi connectivity index (χ0v) is 12.8. The first-order valence-electron chi connectivity index (χ1n) is 7.91. The highest BCUT2D eigenvalue weighted by molar-refractivity contribution is 4.94. The van der Waals surface area contributed by atoms with Gasteiger partial charge >= 0.3 is 0 Å². The van der Waals surface area contributed by atoms with Gasteiger partial charge in [-0.3, -0.25) is 4.90 Å². The molecule has 2 nitrogen and oxygen atoms in total. The number of nitrogens with two attached hydrogens (primary N) is 1. The van der Waals surface area contributed by atoms with E-state index in [9.17, 15) is 0 Å². The lowest BCUT2D eigenvalue weighted by Gasteiger charge is -2.48. The summed E-state index contributed by atoms with van der Waals surface area (Å²) in [5.41, 5.74) is 6.88. The Hall–Kier alpha value is -0.0800. The van der Waals surface area contributed by atoms with Gasteiger partial charge in [-0.1, -0.05) is 27.2 Å². The summed E-state index contributed by atoms with van der Waals surface area (Å²) in [4.78, 5) is 2.73. The molecule has 4 unspecified atom stereocenters. The van der Waals surface area contributed by atoms with Crippen LogP contribution in [0.25, 0.3) is 0 Å². The summed E-state index contributed by atoms with van der Waals surface area (Å²) in [5, 5.41) is 0. The van der Waals surface area contributed by atoms with Gasteiger partial charge in [-0.05, 0) is 56.9 Å². The van der Waals surface area contributed by atoms with Crippen LogP contribution in [0.4, 0.5) is 0 Å². The lowest BCUT2D eigenvalue weighted by atomic mass is 9.69. The van der Waals surface area contributed by atoms with Gasteiger partial charge in [0.05, 0.1) is 0 Å². The predicted molar refractivity (Wildman–Crippen MR) is 78.6 cm³/mol. The third-order valence-corrected chi connectivity index (χ3v) is 5.37. The highest BCUT2D eigenvalue weighted by atomic mass is 15.2. The summed E-state index contributed by atoms with van der Waals surface area (Å²) in [7, 11) is 0. The molecule has 106 valence electrons. The van der Waals surface area contributed by atoms with Crippen molar-refractivity contribution in [2.75, 3.05) is 6.54 Å². The maximum Gasteiger partial charge on any atom is 0.0252 e. The van der Waals surface area contributed by atoms with Crippen molar-refractivity contribution in [2.45, 2.75) is 84.3 Å². The molecular formula is C16H32N2. The fourth-order valence-electron chi connectivity index (χ4n) is 3.95. The molecule has 18 heavy (non-hydrogen) atoms. The first-order chi connectivity index (χ1) is 8.39. The van der Waals surface area contributed by atoms with Crippen LogP contribution < -0.4 is 5.73 Å². The molecule has 0 radical (unpaired) electrons. The average Bonchev–Trinajstić information content (AvgIpc) is 2.29. The largest absolute Gasteiger partial charge is 0.326 e. The second kappa shape index (κ2) is 5.50. The lowest BCUT2D eigenvalue weighted by molar-refractivity contribution is 0.0301. The highest BCUT2D eigenvalue weighted by Crippen LogP contribution is 2.40. The van der Waals surface area contributed by atoms with Gasteiger partial charge in [0.2, 0.25) is 0 Å². The standard InChI is InChI=1S/C16H32N2/c1-12-7-5-6-10-18(12)15-11-13(16(2,3)4)8-9-14(15)17/h12-15H,5-11,17H2,1-4H3. The molecule has 0 bridgehead atoms. The van der Waals surface area contributed by atoms with Crippen molar-refractivity contribution < 1.29 is 0 Å². The summed E-state index contributed by atoms with van der Waals surface area (Å²) in [5.74, 6) is 0.844.